The Kier molecular flexibility index (Phi) is 7.90. The number of thiophene rings is 1. The zero-order chi connectivity index (χ0) is 23.4. The van der Waals surface area contributed by atoms with Crippen LogP contribution >= 0.6 is 11.3 Å². The van der Waals surface area contributed by atoms with Crippen molar-refractivity contribution in [1.82, 2.24) is 4.98 Å². The Balaban J connectivity index is 0.00000324. The van der Waals surface area contributed by atoms with Gasteiger partial charge in [-0.3, -0.25) is 0 Å². The molecule has 0 unspecified atom stereocenters. The fraction of sp³-hybridized carbons (Fsp3) is 0.200. The summed E-state index contributed by atoms with van der Waals surface area (Å²) in [5.41, 5.74) is 7.90. The van der Waals surface area contributed by atoms with Crippen LogP contribution in [0.3, 0.4) is 0 Å². The Morgan fingerprint density at radius 2 is 1.88 bits per heavy atom. The zero-order valence-corrected chi connectivity index (χ0v) is 19.5. The molecule has 0 aliphatic carbocycles. The fourth-order valence-electron chi connectivity index (χ4n) is 3.39. The van der Waals surface area contributed by atoms with Crippen molar-refractivity contribution in [2.75, 3.05) is 12.3 Å². The van der Waals surface area contributed by atoms with Gasteiger partial charge in [0.05, 0.1) is 27.5 Å². The van der Waals surface area contributed by atoms with Crippen LogP contribution in [0.2, 0.25) is 0 Å². The SMILES string of the molecule is C.CCOC(=O)c1cnc(N)c2c(COc3cccc(S(=O)(=O)Cc4ccccc4)c3)csc12. The number of esters is 1. The average molecular weight is 499 g/mol. The maximum absolute atomic E-state index is 12.8. The molecule has 0 fully saturated rings. The number of aromatic nitrogens is 1. The Morgan fingerprint density at radius 3 is 2.62 bits per heavy atom. The van der Waals surface area contributed by atoms with Crippen LogP contribution in [0, 0.1) is 0 Å². The van der Waals surface area contributed by atoms with Gasteiger partial charge in [-0.1, -0.05) is 43.8 Å². The highest BCUT2D eigenvalue weighted by Gasteiger charge is 2.19. The molecule has 34 heavy (non-hydrogen) atoms. The molecule has 9 heteroatoms. The summed E-state index contributed by atoms with van der Waals surface area (Å²) in [5.74, 6) is 0.153. The second-order valence-corrected chi connectivity index (χ2v) is 10.1. The lowest BCUT2D eigenvalue weighted by Crippen LogP contribution is -2.07. The number of hydrogen-bond donors (Lipinski definition) is 1. The summed E-state index contributed by atoms with van der Waals surface area (Å²) in [4.78, 5) is 16.6. The van der Waals surface area contributed by atoms with E-state index in [-0.39, 0.29) is 37.1 Å². The molecule has 0 radical (unpaired) electrons. The molecule has 4 aromatic rings. The molecule has 0 aliphatic rings. The van der Waals surface area contributed by atoms with Crippen LogP contribution in [0.25, 0.3) is 10.1 Å². The molecule has 0 amide bonds. The third-order valence-corrected chi connectivity index (χ3v) is 7.70. The lowest BCUT2D eigenvalue weighted by Gasteiger charge is -2.10. The number of rotatable bonds is 8. The van der Waals surface area contributed by atoms with Crippen LogP contribution < -0.4 is 10.5 Å². The van der Waals surface area contributed by atoms with Crippen molar-refractivity contribution in [3.05, 3.63) is 82.9 Å². The molecule has 7 nitrogen and oxygen atoms in total. The van der Waals surface area contributed by atoms with Gasteiger partial charge >= 0.3 is 5.97 Å². The van der Waals surface area contributed by atoms with Crippen LogP contribution in [0.1, 0.15) is 35.8 Å². The minimum Gasteiger partial charge on any atom is -0.489 e. The molecule has 0 atom stereocenters. The number of carbonyl (C=O) groups excluding carboxylic acids is 1. The normalized spacial score (nSPS) is 11.1. The summed E-state index contributed by atoms with van der Waals surface area (Å²) in [6.07, 6.45) is 1.41. The molecule has 178 valence electrons. The van der Waals surface area contributed by atoms with Crippen molar-refractivity contribution in [3.63, 3.8) is 0 Å². The number of hydrogen-bond acceptors (Lipinski definition) is 8. The Morgan fingerprint density at radius 1 is 1.12 bits per heavy atom. The van der Waals surface area contributed by atoms with E-state index in [1.165, 1.54) is 23.6 Å². The number of carbonyl (C=O) groups is 1. The summed E-state index contributed by atoms with van der Waals surface area (Å²) in [6.45, 7) is 2.14. The number of pyridine rings is 1. The number of benzene rings is 2. The van der Waals surface area contributed by atoms with Gasteiger partial charge in [0.15, 0.2) is 9.84 Å². The molecule has 4 rings (SSSR count). The Bertz CT molecular complexity index is 1400. The second-order valence-electron chi connectivity index (χ2n) is 7.25. The average Bonchev–Trinajstić information content (AvgIpc) is 3.23. The predicted octanol–water partition coefficient (Wildman–Crippen LogP) is 5.24. The number of sulfone groups is 1. The van der Waals surface area contributed by atoms with Gasteiger partial charge in [0.25, 0.3) is 0 Å². The first kappa shape index (κ1) is 25.2. The number of anilines is 1. The molecule has 2 aromatic heterocycles. The fourth-order valence-corrected chi connectivity index (χ4v) is 5.83. The van der Waals surface area contributed by atoms with E-state index in [4.69, 9.17) is 15.2 Å². The third kappa shape index (κ3) is 5.37. The number of fused-ring (bicyclic) bond motifs is 1. The van der Waals surface area contributed by atoms with Gasteiger partial charge in [-0.15, -0.1) is 11.3 Å². The molecule has 0 spiro atoms. The van der Waals surface area contributed by atoms with E-state index < -0.39 is 15.8 Å². The summed E-state index contributed by atoms with van der Waals surface area (Å²) in [5, 5.41) is 2.49. The Hall–Kier alpha value is -3.43. The van der Waals surface area contributed by atoms with Crippen LogP contribution in [0.4, 0.5) is 5.82 Å². The molecule has 0 saturated carbocycles. The number of ether oxygens (including phenoxy) is 2. The van der Waals surface area contributed by atoms with E-state index >= 15 is 0 Å². The van der Waals surface area contributed by atoms with Gasteiger partial charge in [0.2, 0.25) is 0 Å². The number of nitrogen functional groups attached to an aromatic ring is 1. The van der Waals surface area contributed by atoms with Crippen molar-refractivity contribution in [2.45, 2.75) is 31.6 Å². The van der Waals surface area contributed by atoms with Gasteiger partial charge in [-0.25, -0.2) is 18.2 Å². The van der Waals surface area contributed by atoms with Gasteiger partial charge < -0.3 is 15.2 Å². The van der Waals surface area contributed by atoms with E-state index in [1.54, 1.807) is 37.3 Å². The largest absolute Gasteiger partial charge is 0.489 e. The lowest BCUT2D eigenvalue weighted by molar-refractivity contribution is 0.0528. The van der Waals surface area contributed by atoms with Crippen molar-refractivity contribution < 1.29 is 22.7 Å². The topological polar surface area (TPSA) is 109 Å². The zero-order valence-electron chi connectivity index (χ0n) is 17.9. The van der Waals surface area contributed by atoms with Crippen molar-refractivity contribution in [3.8, 4) is 5.75 Å². The van der Waals surface area contributed by atoms with Crippen LogP contribution in [-0.4, -0.2) is 26.0 Å². The summed E-state index contributed by atoms with van der Waals surface area (Å²) < 4.78 is 37.3. The van der Waals surface area contributed by atoms with E-state index in [9.17, 15) is 13.2 Å². The van der Waals surface area contributed by atoms with E-state index in [1.807, 2.05) is 23.6 Å². The number of nitrogens with zero attached hydrogens (tertiary/aromatic N) is 1. The highest BCUT2D eigenvalue weighted by atomic mass is 32.2. The van der Waals surface area contributed by atoms with Crippen molar-refractivity contribution in [2.24, 2.45) is 0 Å². The molecule has 2 heterocycles. The van der Waals surface area contributed by atoms with Crippen LogP contribution in [0.5, 0.6) is 5.75 Å². The first-order valence-corrected chi connectivity index (χ1v) is 12.7. The molecular weight excluding hydrogens is 472 g/mol. The third-order valence-electron chi connectivity index (χ3n) is 4.95. The van der Waals surface area contributed by atoms with Crippen molar-refractivity contribution in [1.29, 1.82) is 0 Å². The maximum Gasteiger partial charge on any atom is 0.341 e. The lowest BCUT2D eigenvalue weighted by atomic mass is 10.1. The highest BCUT2D eigenvalue weighted by molar-refractivity contribution is 7.90. The standard InChI is InChI=1S/C24H22N2O5S2.CH4/c1-2-30-24(27)20-12-26-23(25)21-17(14-32-22(20)21)13-31-18-9-6-10-19(11-18)33(28,29)15-16-7-4-3-5-8-16;/h3-12,14H,2,13,15H2,1H3,(H2,25,26);1H4. The summed E-state index contributed by atoms with van der Waals surface area (Å²) in [7, 11) is -3.53. The second kappa shape index (κ2) is 10.7. The summed E-state index contributed by atoms with van der Waals surface area (Å²) in [6, 6.07) is 15.4. The summed E-state index contributed by atoms with van der Waals surface area (Å²) >= 11 is 1.36. The predicted molar refractivity (Wildman–Crippen MR) is 135 cm³/mol. The van der Waals surface area contributed by atoms with Crippen molar-refractivity contribution >= 4 is 43.0 Å². The Labute approximate surface area is 203 Å². The molecule has 0 bridgehead atoms. The number of nitrogens with two attached hydrogens (primary N) is 1. The molecule has 0 saturated heterocycles. The van der Waals surface area contributed by atoms with Gasteiger partial charge in [-0.2, -0.15) is 0 Å². The quantitative estimate of drug-likeness (QED) is 0.331. The minimum absolute atomic E-state index is 0. The monoisotopic (exact) mass is 498 g/mol. The highest BCUT2D eigenvalue weighted by Crippen LogP contribution is 2.33. The maximum atomic E-state index is 12.8. The molecule has 0 aliphatic heterocycles. The first-order valence-electron chi connectivity index (χ1n) is 10.2. The smallest absolute Gasteiger partial charge is 0.341 e. The van der Waals surface area contributed by atoms with E-state index in [0.717, 1.165) is 5.56 Å². The molecule has 2 N–H and O–H groups in total. The minimum atomic E-state index is -3.53. The first-order chi connectivity index (χ1) is 15.9. The molecule has 2 aromatic carbocycles. The van der Waals surface area contributed by atoms with Gasteiger partial charge in [-0.05, 0) is 36.1 Å². The van der Waals surface area contributed by atoms with E-state index in [0.29, 0.717) is 27.0 Å². The van der Waals surface area contributed by atoms with E-state index in [2.05, 4.69) is 4.98 Å². The molecular formula is C25H26N2O5S2. The van der Waals surface area contributed by atoms with Crippen LogP contribution in [-0.2, 0) is 26.9 Å². The van der Waals surface area contributed by atoms with Gasteiger partial charge in [0, 0.05) is 17.1 Å². The van der Waals surface area contributed by atoms with Crippen LogP contribution in [0.15, 0.2) is 71.1 Å². The van der Waals surface area contributed by atoms with Gasteiger partial charge in [0.1, 0.15) is 18.2 Å².